The van der Waals surface area contributed by atoms with Crippen molar-refractivity contribution in [3.8, 4) is 0 Å². The summed E-state index contributed by atoms with van der Waals surface area (Å²) in [6.07, 6.45) is 0.681. The fourth-order valence-corrected chi connectivity index (χ4v) is 4.48. The summed E-state index contributed by atoms with van der Waals surface area (Å²) in [6.45, 7) is 3.57. The molecule has 6 nitrogen and oxygen atoms in total. The minimum absolute atomic E-state index is 0.0255. The third kappa shape index (κ3) is 4.18. The molecule has 31 heavy (non-hydrogen) atoms. The Morgan fingerprint density at radius 1 is 1.10 bits per heavy atom. The van der Waals surface area contributed by atoms with Crippen LogP contribution in [0.4, 0.5) is 5.69 Å². The Balaban J connectivity index is 1.76. The van der Waals surface area contributed by atoms with Crippen LogP contribution in [0.1, 0.15) is 43.5 Å². The lowest BCUT2D eigenvalue weighted by Crippen LogP contribution is -2.39. The van der Waals surface area contributed by atoms with E-state index in [0.29, 0.717) is 11.5 Å². The molecule has 0 aromatic heterocycles. The van der Waals surface area contributed by atoms with E-state index in [4.69, 9.17) is 12.2 Å². The Hall–Kier alpha value is -3.19. The summed E-state index contributed by atoms with van der Waals surface area (Å²) in [6, 6.07) is 18.3. The monoisotopic (exact) mass is 433 g/mol. The summed E-state index contributed by atoms with van der Waals surface area (Å²) in [5.74, 6) is -0.0255. The number of amides is 1. The molecule has 0 saturated carbocycles. The average molecular weight is 434 g/mol. The summed E-state index contributed by atoms with van der Waals surface area (Å²) in [5, 5.41) is 5.54. The van der Waals surface area contributed by atoms with Crippen LogP contribution in [0.15, 0.2) is 70.9 Å². The number of thiocarbonyl (C=S) groups is 1. The standard InChI is InChI=1S/C24H27N5OS/c1-15-22(23(26-24(31)25-15)18-8-6-5-7-9-18)20-14-21(29(27-20)16(2)30)17-10-12-19(13-11-17)28(3)4/h5-13,21,23,27H,14H2,1-4H3,(H,26,31)/b22-20-. The maximum atomic E-state index is 12.5. The van der Waals surface area contributed by atoms with Crippen LogP contribution in [0.25, 0.3) is 0 Å². The van der Waals surface area contributed by atoms with Gasteiger partial charge in [-0.15, -0.1) is 0 Å². The second-order valence-electron chi connectivity index (χ2n) is 8.09. The van der Waals surface area contributed by atoms with E-state index in [9.17, 15) is 4.79 Å². The third-order valence-electron chi connectivity index (χ3n) is 5.77. The van der Waals surface area contributed by atoms with Gasteiger partial charge in [-0.2, -0.15) is 0 Å². The molecule has 160 valence electrons. The van der Waals surface area contributed by atoms with E-state index in [0.717, 1.165) is 33.8 Å². The van der Waals surface area contributed by atoms with E-state index in [1.54, 1.807) is 11.9 Å². The maximum absolute atomic E-state index is 12.5. The lowest BCUT2D eigenvalue weighted by Gasteiger charge is -2.29. The van der Waals surface area contributed by atoms with Gasteiger partial charge in [0.25, 0.3) is 0 Å². The Kier molecular flexibility index (Phi) is 5.78. The number of anilines is 1. The molecule has 7 heteroatoms. The molecule has 1 fully saturated rings. The van der Waals surface area contributed by atoms with Gasteiger partial charge < -0.3 is 10.2 Å². The van der Waals surface area contributed by atoms with Crippen LogP contribution >= 0.6 is 12.2 Å². The Morgan fingerprint density at radius 3 is 2.39 bits per heavy atom. The first-order chi connectivity index (χ1) is 14.8. The van der Waals surface area contributed by atoms with Crippen molar-refractivity contribution in [3.63, 3.8) is 0 Å². The van der Waals surface area contributed by atoms with E-state index >= 15 is 0 Å². The Morgan fingerprint density at radius 2 is 1.77 bits per heavy atom. The molecule has 4 rings (SSSR count). The van der Waals surface area contributed by atoms with Gasteiger partial charge in [-0.3, -0.25) is 10.2 Å². The van der Waals surface area contributed by atoms with E-state index in [1.165, 1.54) is 0 Å². The first-order valence-electron chi connectivity index (χ1n) is 10.3. The number of benzene rings is 2. The number of hydrogen-bond donors (Lipinski definition) is 2. The fourth-order valence-electron chi connectivity index (χ4n) is 4.22. The second-order valence-corrected chi connectivity index (χ2v) is 8.48. The molecule has 2 heterocycles. The number of rotatable bonds is 3. The third-order valence-corrected chi connectivity index (χ3v) is 5.98. The van der Waals surface area contributed by atoms with Gasteiger partial charge in [-0.1, -0.05) is 42.5 Å². The van der Waals surface area contributed by atoms with Crippen molar-refractivity contribution in [2.75, 3.05) is 19.0 Å². The van der Waals surface area contributed by atoms with Gasteiger partial charge in [0.1, 0.15) is 0 Å². The molecule has 0 radical (unpaired) electrons. The maximum Gasteiger partial charge on any atom is 0.238 e. The van der Waals surface area contributed by atoms with Crippen LogP contribution in [-0.4, -0.2) is 35.8 Å². The molecule has 1 amide bonds. The minimum atomic E-state index is -0.114. The predicted molar refractivity (Wildman–Crippen MR) is 129 cm³/mol. The van der Waals surface area contributed by atoms with Crippen molar-refractivity contribution < 1.29 is 4.79 Å². The highest BCUT2D eigenvalue weighted by Crippen LogP contribution is 2.38. The summed E-state index contributed by atoms with van der Waals surface area (Å²) in [4.78, 5) is 19.1. The van der Waals surface area contributed by atoms with E-state index in [1.807, 2.05) is 39.2 Å². The highest BCUT2D eigenvalue weighted by Gasteiger charge is 2.36. The zero-order valence-corrected chi connectivity index (χ0v) is 19.0. The lowest BCUT2D eigenvalue weighted by molar-refractivity contribution is -0.132. The molecule has 2 unspecified atom stereocenters. The van der Waals surface area contributed by atoms with Crippen molar-refractivity contribution in [1.29, 1.82) is 0 Å². The van der Waals surface area contributed by atoms with Crippen LogP contribution in [0.2, 0.25) is 0 Å². The van der Waals surface area contributed by atoms with Gasteiger partial charge in [-0.25, -0.2) is 10.0 Å². The molecular weight excluding hydrogens is 406 g/mol. The second kappa shape index (κ2) is 8.51. The van der Waals surface area contributed by atoms with Crippen LogP contribution < -0.4 is 15.6 Å². The van der Waals surface area contributed by atoms with Crippen molar-refractivity contribution in [2.24, 2.45) is 4.99 Å². The molecule has 2 aromatic carbocycles. The number of hydrogen-bond acceptors (Lipinski definition) is 4. The van der Waals surface area contributed by atoms with Gasteiger partial charge in [0.2, 0.25) is 5.91 Å². The fraction of sp³-hybridized carbons (Fsp3) is 0.292. The SMILES string of the molecule is CC(=O)N1N/C(=C2/C(C)=NC(=S)NC2c2ccccc2)CC1c1ccc(N(C)C)cc1. The zero-order chi connectivity index (χ0) is 22.1. The zero-order valence-electron chi connectivity index (χ0n) is 18.2. The van der Waals surface area contributed by atoms with Crippen molar-refractivity contribution in [2.45, 2.75) is 32.4 Å². The van der Waals surface area contributed by atoms with E-state index in [-0.39, 0.29) is 18.0 Å². The molecule has 0 spiro atoms. The highest BCUT2D eigenvalue weighted by atomic mass is 32.1. The minimum Gasteiger partial charge on any atom is -0.378 e. The number of carbonyl (C=O) groups excluding carboxylic acids is 1. The molecule has 2 N–H and O–H groups in total. The summed E-state index contributed by atoms with van der Waals surface area (Å²) < 4.78 is 0. The van der Waals surface area contributed by atoms with Crippen molar-refractivity contribution in [1.82, 2.24) is 15.8 Å². The molecule has 2 atom stereocenters. The number of nitrogens with one attached hydrogen (secondary N) is 2. The number of aliphatic imine (C=N–C) groups is 1. The van der Waals surface area contributed by atoms with Crippen LogP contribution in [0.5, 0.6) is 0 Å². The van der Waals surface area contributed by atoms with Crippen LogP contribution in [0.3, 0.4) is 0 Å². The molecule has 1 saturated heterocycles. The van der Waals surface area contributed by atoms with E-state index < -0.39 is 0 Å². The molecule has 0 aliphatic carbocycles. The van der Waals surface area contributed by atoms with Crippen molar-refractivity contribution in [3.05, 3.63) is 77.0 Å². The molecular formula is C24H27N5OS. The molecule has 2 aromatic rings. The predicted octanol–water partition coefficient (Wildman–Crippen LogP) is 3.89. The number of carbonyl (C=O) groups is 1. The lowest BCUT2D eigenvalue weighted by atomic mass is 9.90. The topological polar surface area (TPSA) is 60.0 Å². The summed E-state index contributed by atoms with van der Waals surface area (Å²) in [5.41, 5.74) is 9.60. The van der Waals surface area contributed by atoms with Gasteiger partial charge in [0, 0.05) is 50.1 Å². The first-order valence-corrected chi connectivity index (χ1v) is 10.7. The summed E-state index contributed by atoms with van der Waals surface area (Å²) >= 11 is 5.37. The molecule has 0 bridgehead atoms. The smallest absolute Gasteiger partial charge is 0.238 e. The first kappa shape index (κ1) is 21.1. The largest absolute Gasteiger partial charge is 0.378 e. The highest BCUT2D eigenvalue weighted by molar-refractivity contribution is 7.80. The van der Waals surface area contributed by atoms with Gasteiger partial charge in [0.05, 0.1) is 12.1 Å². The average Bonchev–Trinajstić information content (AvgIpc) is 3.19. The van der Waals surface area contributed by atoms with Crippen LogP contribution in [0, 0.1) is 0 Å². The van der Waals surface area contributed by atoms with Crippen LogP contribution in [-0.2, 0) is 4.79 Å². The van der Waals surface area contributed by atoms with E-state index in [2.05, 4.69) is 57.0 Å². The van der Waals surface area contributed by atoms with Gasteiger partial charge in [-0.05, 0) is 42.4 Å². The van der Waals surface area contributed by atoms with Crippen molar-refractivity contribution >= 4 is 34.6 Å². The molecule has 2 aliphatic heterocycles. The number of nitrogens with zero attached hydrogens (tertiary/aromatic N) is 3. The normalized spacial score (nSPS) is 23.2. The van der Waals surface area contributed by atoms with Gasteiger partial charge >= 0.3 is 0 Å². The quantitative estimate of drug-likeness (QED) is 0.719. The Labute approximate surface area is 188 Å². The number of hydrazine groups is 1. The Bertz CT molecular complexity index is 1060. The summed E-state index contributed by atoms with van der Waals surface area (Å²) in [7, 11) is 4.03. The molecule has 2 aliphatic rings. The van der Waals surface area contributed by atoms with Gasteiger partial charge in [0.15, 0.2) is 5.11 Å².